The molecule has 230 valence electrons. The molecule has 4 aromatic rings. The van der Waals surface area contributed by atoms with Crippen LogP contribution in [-0.4, -0.2) is 46.3 Å². The molecule has 0 amide bonds. The molecule has 1 N–H and O–H groups in total. The topological polar surface area (TPSA) is 54.7 Å². The number of fused-ring (bicyclic) bond motifs is 1. The summed E-state index contributed by atoms with van der Waals surface area (Å²) in [6, 6.07) is 19.7. The summed E-state index contributed by atoms with van der Waals surface area (Å²) in [7, 11) is 0. The number of aromatic nitrogens is 1. The van der Waals surface area contributed by atoms with Crippen LogP contribution < -0.4 is 0 Å². The van der Waals surface area contributed by atoms with Gasteiger partial charge in [-0.05, 0) is 81.9 Å². The minimum atomic E-state index is -0.340. The first-order valence-electron chi connectivity index (χ1n) is 16.1. The van der Waals surface area contributed by atoms with Gasteiger partial charge in [-0.2, -0.15) is 0 Å². The Bertz CT molecular complexity index is 1700. The van der Waals surface area contributed by atoms with E-state index in [0.717, 1.165) is 41.7 Å². The van der Waals surface area contributed by atoms with E-state index in [-0.39, 0.29) is 11.7 Å². The second-order valence-corrected chi connectivity index (χ2v) is 13.5. The summed E-state index contributed by atoms with van der Waals surface area (Å²) >= 11 is 1.74. The lowest BCUT2D eigenvalue weighted by atomic mass is 9.96. The van der Waals surface area contributed by atoms with E-state index < -0.39 is 0 Å². The summed E-state index contributed by atoms with van der Waals surface area (Å²) < 4.78 is 7.91. The maximum atomic E-state index is 13.6. The van der Waals surface area contributed by atoms with Crippen LogP contribution in [0.5, 0.6) is 5.75 Å². The Morgan fingerprint density at radius 3 is 2.43 bits per heavy atom. The zero-order valence-corrected chi connectivity index (χ0v) is 27.3. The molecule has 1 aliphatic heterocycles. The number of nitrogens with zero attached hydrogens (tertiary/aromatic N) is 2. The molecular formula is C38H44N2O3S. The number of benzene rings is 3. The molecule has 2 heterocycles. The van der Waals surface area contributed by atoms with Crippen LogP contribution in [0.3, 0.4) is 0 Å². The maximum absolute atomic E-state index is 13.6. The third-order valence-corrected chi connectivity index (χ3v) is 10.5. The molecule has 0 unspecified atom stereocenters. The highest BCUT2D eigenvalue weighted by atomic mass is 32.2. The van der Waals surface area contributed by atoms with Gasteiger partial charge in [0.05, 0.1) is 17.7 Å². The van der Waals surface area contributed by atoms with Crippen molar-refractivity contribution in [3.05, 3.63) is 99.7 Å². The molecule has 1 aliphatic carbocycles. The molecular weight excluding hydrogens is 564 g/mol. The van der Waals surface area contributed by atoms with Crippen LogP contribution in [0.4, 0.5) is 0 Å². The summed E-state index contributed by atoms with van der Waals surface area (Å²) in [4.78, 5) is 17.4. The van der Waals surface area contributed by atoms with Gasteiger partial charge in [-0.15, -0.1) is 11.8 Å². The van der Waals surface area contributed by atoms with Gasteiger partial charge in [0.2, 0.25) is 0 Å². The van der Waals surface area contributed by atoms with Crippen LogP contribution in [0.25, 0.3) is 16.5 Å². The number of hydrogen-bond acceptors (Lipinski definition) is 5. The van der Waals surface area contributed by atoms with Crippen molar-refractivity contribution in [2.75, 3.05) is 19.7 Å². The van der Waals surface area contributed by atoms with Crippen molar-refractivity contribution in [1.82, 2.24) is 9.47 Å². The first-order valence-corrected chi connectivity index (χ1v) is 17.0. The molecule has 6 heteroatoms. The van der Waals surface area contributed by atoms with E-state index in [0.29, 0.717) is 30.5 Å². The predicted molar refractivity (Wildman–Crippen MR) is 182 cm³/mol. The van der Waals surface area contributed by atoms with E-state index in [4.69, 9.17) is 4.74 Å². The van der Waals surface area contributed by atoms with Gasteiger partial charge in [-0.3, -0.25) is 4.90 Å². The average Bonchev–Trinajstić information content (AvgIpc) is 3.65. The molecule has 0 radical (unpaired) electrons. The van der Waals surface area contributed by atoms with Gasteiger partial charge in [-0.1, -0.05) is 66.4 Å². The zero-order chi connectivity index (χ0) is 30.8. The van der Waals surface area contributed by atoms with Crippen LogP contribution in [-0.2, 0) is 17.0 Å². The van der Waals surface area contributed by atoms with Crippen LogP contribution in [0.2, 0.25) is 0 Å². The fourth-order valence-corrected chi connectivity index (χ4v) is 8.01. The van der Waals surface area contributed by atoms with Gasteiger partial charge in [0.25, 0.3) is 0 Å². The summed E-state index contributed by atoms with van der Waals surface area (Å²) in [6.07, 6.45) is 8.48. The Labute approximate surface area is 265 Å². The molecule has 1 saturated carbocycles. The monoisotopic (exact) mass is 608 g/mol. The van der Waals surface area contributed by atoms with Gasteiger partial charge in [0.15, 0.2) is 0 Å². The molecule has 1 aromatic heterocycles. The minimum absolute atomic E-state index is 0.227. The largest absolute Gasteiger partial charge is 0.507 e. The van der Waals surface area contributed by atoms with Crippen molar-refractivity contribution in [1.29, 1.82) is 0 Å². The van der Waals surface area contributed by atoms with Crippen molar-refractivity contribution in [3.8, 4) is 5.75 Å². The average molecular weight is 609 g/mol. The quantitative estimate of drug-likeness (QED) is 0.152. The molecule has 6 rings (SSSR count). The van der Waals surface area contributed by atoms with Crippen LogP contribution >= 0.6 is 11.8 Å². The molecule has 3 aromatic carbocycles. The Hall–Kier alpha value is -3.48. The van der Waals surface area contributed by atoms with Gasteiger partial charge >= 0.3 is 5.97 Å². The summed E-state index contributed by atoms with van der Waals surface area (Å²) in [5.41, 5.74) is 9.33. The molecule has 2 aliphatic rings. The van der Waals surface area contributed by atoms with Gasteiger partial charge in [0, 0.05) is 53.0 Å². The molecule has 44 heavy (non-hydrogen) atoms. The standard InChI is InChI=1S/C38H44N2O3S/c1-5-43-38(42)37-32-22-35(41)31(29-16-18-39(19-17-29)30-8-6-7-9-30)21-33(32)40(23-28-13-10-25(2)11-14-28)34(37)24-44-36-15-12-26(3)20-27(36)4/h10-16,20-22,30,41H,5-9,17-19,23-24H2,1-4H3. The van der Waals surface area contributed by atoms with Crippen molar-refractivity contribution >= 4 is 34.2 Å². The number of thioether (sulfide) groups is 1. The molecule has 0 spiro atoms. The van der Waals surface area contributed by atoms with Gasteiger partial charge in [0.1, 0.15) is 5.75 Å². The summed E-state index contributed by atoms with van der Waals surface area (Å²) in [5.74, 6) is 0.491. The number of phenolic OH excluding ortho intramolecular Hbond substituents is 1. The van der Waals surface area contributed by atoms with E-state index >= 15 is 0 Å². The lowest BCUT2D eigenvalue weighted by Gasteiger charge is -2.31. The minimum Gasteiger partial charge on any atom is -0.507 e. The lowest BCUT2D eigenvalue weighted by molar-refractivity contribution is 0.0527. The number of esters is 1. The van der Waals surface area contributed by atoms with Crippen molar-refractivity contribution in [3.63, 3.8) is 0 Å². The predicted octanol–water partition coefficient (Wildman–Crippen LogP) is 8.82. The number of aromatic hydroxyl groups is 1. The van der Waals surface area contributed by atoms with Crippen LogP contribution in [0, 0.1) is 20.8 Å². The Kier molecular flexibility index (Phi) is 9.20. The fourth-order valence-electron chi connectivity index (χ4n) is 6.97. The van der Waals surface area contributed by atoms with E-state index in [1.165, 1.54) is 58.4 Å². The third kappa shape index (κ3) is 6.33. The van der Waals surface area contributed by atoms with Gasteiger partial charge < -0.3 is 14.4 Å². The number of carbonyl (C=O) groups is 1. The number of carbonyl (C=O) groups excluding carboxylic acids is 1. The Morgan fingerprint density at radius 1 is 1.00 bits per heavy atom. The van der Waals surface area contributed by atoms with Crippen LogP contribution in [0.15, 0.2) is 65.6 Å². The van der Waals surface area contributed by atoms with Crippen molar-refractivity contribution < 1.29 is 14.6 Å². The van der Waals surface area contributed by atoms with Crippen LogP contribution in [0.1, 0.15) is 82.9 Å². The highest BCUT2D eigenvalue weighted by Gasteiger charge is 2.28. The second-order valence-electron chi connectivity index (χ2n) is 12.5. The molecule has 0 atom stereocenters. The van der Waals surface area contributed by atoms with E-state index in [1.807, 2.05) is 6.92 Å². The van der Waals surface area contributed by atoms with Crippen molar-refractivity contribution in [2.24, 2.45) is 0 Å². The first-order chi connectivity index (χ1) is 21.3. The number of aryl methyl sites for hydroxylation is 3. The molecule has 1 fully saturated rings. The third-order valence-electron chi connectivity index (χ3n) is 9.35. The molecule has 5 nitrogen and oxygen atoms in total. The van der Waals surface area contributed by atoms with Gasteiger partial charge in [-0.25, -0.2) is 4.79 Å². The Morgan fingerprint density at radius 2 is 1.75 bits per heavy atom. The highest BCUT2D eigenvalue weighted by Crippen LogP contribution is 2.40. The number of hydrogen-bond donors (Lipinski definition) is 1. The number of ether oxygens (including phenoxy) is 1. The molecule has 0 bridgehead atoms. The van der Waals surface area contributed by atoms with Crippen molar-refractivity contribution in [2.45, 2.75) is 83.0 Å². The SMILES string of the molecule is CCOC(=O)c1c(CSc2ccc(C)cc2C)n(Cc2ccc(C)cc2)c2cc(C3=CCN(C4CCCC4)CC3)c(O)cc12. The smallest absolute Gasteiger partial charge is 0.340 e. The Balaban J connectivity index is 1.46. The first kappa shape index (κ1) is 30.5. The zero-order valence-electron chi connectivity index (χ0n) is 26.5. The maximum Gasteiger partial charge on any atom is 0.340 e. The second kappa shape index (κ2) is 13.3. The normalized spacial score (nSPS) is 16.0. The fraction of sp³-hybridized carbons (Fsp3) is 0.395. The number of phenols is 1. The number of rotatable bonds is 9. The van der Waals surface area contributed by atoms with E-state index in [1.54, 1.807) is 17.8 Å². The lowest BCUT2D eigenvalue weighted by Crippen LogP contribution is -2.36. The molecule has 0 saturated heterocycles. The summed E-state index contributed by atoms with van der Waals surface area (Å²) in [6.45, 7) is 11.0. The summed E-state index contributed by atoms with van der Waals surface area (Å²) in [5, 5.41) is 12.2. The highest BCUT2D eigenvalue weighted by molar-refractivity contribution is 7.98. The van der Waals surface area contributed by atoms with E-state index in [9.17, 15) is 9.90 Å². The van der Waals surface area contributed by atoms with E-state index in [2.05, 4.69) is 84.8 Å².